The molecule has 6 heteroatoms. The van der Waals surface area contributed by atoms with E-state index in [0.29, 0.717) is 23.1 Å². The van der Waals surface area contributed by atoms with Crippen molar-refractivity contribution in [2.75, 3.05) is 26.8 Å². The van der Waals surface area contributed by atoms with Gasteiger partial charge in [0.25, 0.3) is 0 Å². The van der Waals surface area contributed by atoms with E-state index in [1.165, 1.54) is 11.6 Å². The molecule has 2 aromatic rings. The minimum atomic E-state index is -0.110. The molecule has 0 aromatic heterocycles. The summed E-state index contributed by atoms with van der Waals surface area (Å²) in [7, 11) is 1.55. The largest absolute Gasteiger partial charge is 0.491 e. The number of rotatable bonds is 8. The summed E-state index contributed by atoms with van der Waals surface area (Å²) in [5.41, 5.74) is 2.08. The van der Waals surface area contributed by atoms with Crippen LogP contribution in [0.15, 0.2) is 48.5 Å². The van der Waals surface area contributed by atoms with Gasteiger partial charge in [0, 0.05) is 31.8 Å². The van der Waals surface area contributed by atoms with Crippen LogP contribution in [0.3, 0.4) is 0 Å². The van der Waals surface area contributed by atoms with Crippen LogP contribution in [0.5, 0.6) is 11.5 Å². The van der Waals surface area contributed by atoms with E-state index in [0.717, 1.165) is 31.6 Å². The Morgan fingerprint density at radius 3 is 2.83 bits per heavy atom. The van der Waals surface area contributed by atoms with Gasteiger partial charge in [-0.1, -0.05) is 41.9 Å². The summed E-state index contributed by atoms with van der Waals surface area (Å²) in [6.07, 6.45) is 4.23. The first-order chi connectivity index (χ1) is 14.1. The Hall–Kier alpha value is -2.50. The Bertz CT molecular complexity index is 855. The molecule has 1 aliphatic heterocycles. The van der Waals surface area contributed by atoms with Gasteiger partial charge in [-0.15, -0.1) is 0 Å². The van der Waals surface area contributed by atoms with Crippen LogP contribution in [0.2, 0.25) is 5.02 Å². The number of likely N-dealkylation sites (tertiary alicyclic amines) is 1. The second kappa shape index (κ2) is 10.3. The van der Waals surface area contributed by atoms with Crippen LogP contribution in [0.4, 0.5) is 0 Å². The summed E-state index contributed by atoms with van der Waals surface area (Å²) in [6.45, 7) is 5.15. The smallest absolute Gasteiger partial charge is 0.244 e. The number of ether oxygens (including phenoxy) is 2. The fraction of sp³-hybridized carbons (Fsp3) is 0.348. The Morgan fingerprint density at radius 2 is 2.10 bits per heavy atom. The third-order valence-corrected chi connectivity index (χ3v) is 5.11. The molecule has 1 unspecified atom stereocenters. The standard InChI is InChI=1S/C23H27ClN2O3/c1-3-29-21-14-18(13-20(24)23(21)28-2)9-10-22(27)25-19-11-12-26(16-19)15-17-7-5-4-6-8-17/h4-10,13-14,19H,3,11-12,15-16H2,1-2H3,(H,25,27)/b10-9+. The Morgan fingerprint density at radius 1 is 1.31 bits per heavy atom. The maximum atomic E-state index is 12.4. The van der Waals surface area contributed by atoms with Gasteiger partial charge in [0.05, 0.1) is 18.7 Å². The second-order valence-electron chi connectivity index (χ2n) is 7.02. The zero-order valence-corrected chi connectivity index (χ0v) is 17.6. The van der Waals surface area contributed by atoms with Crippen molar-refractivity contribution < 1.29 is 14.3 Å². The van der Waals surface area contributed by atoms with Crippen molar-refractivity contribution in [2.45, 2.75) is 25.9 Å². The van der Waals surface area contributed by atoms with Gasteiger partial charge < -0.3 is 14.8 Å². The molecule has 0 saturated carbocycles. The first-order valence-electron chi connectivity index (χ1n) is 9.84. The fourth-order valence-corrected chi connectivity index (χ4v) is 3.80. The molecular weight excluding hydrogens is 388 g/mol. The minimum Gasteiger partial charge on any atom is -0.491 e. The molecule has 1 heterocycles. The van der Waals surface area contributed by atoms with E-state index in [4.69, 9.17) is 21.1 Å². The Kier molecular flexibility index (Phi) is 7.55. The predicted molar refractivity (Wildman–Crippen MR) is 116 cm³/mol. The molecule has 1 saturated heterocycles. The summed E-state index contributed by atoms with van der Waals surface area (Å²) in [6, 6.07) is 14.1. The number of halogens is 1. The number of hydrogen-bond donors (Lipinski definition) is 1. The van der Waals surface area contributed by atoms with E-state index in [2.05, 4.69) is 34.5 Å². The van der Waals surface area contributed by atoms with Crippen LogP contribution in [0.1, 0.15) is 24.5 Å². The zero-order valence-electron chi connectivity index (χ0n) is 16.9. The third-order valence-electron chi connectivity index (χ3n) is 4.83. The van der Waals surface area contributed by atoms with Crippen LogP contribution in [0.25, 0.3) is 6.08 Å². The van der Waals surface area contributed by atoms with Gasteiger partial charge in [0.2, 0.25) is 5.91 Å². The van der Waals surface area contributed by atoms with Crippen LogP contribution in [-0.4, -0.2) is 43.7 Å². The van der Waals surface area contributed by atoms with E-state index in [-0.39, 0.29) is 11.9 Å². The quantitative estimate of drug-likeness (QED) is 0.659. The number of benzene rings is 2. The molecule has 1 amide bonds. The van der Waals surface area contributed by atoms with Crippen LogP contribution < -0.4 is 14.8 Å². The number of amides is 1. The average molecular weight is 415 g/mol. The molecule has 1 fully saturated rings. The lowest BCUT2D eigenvalue weighted by atomic mass is 10.1. The summed E-state index contributed by atoms with van der Waals surface area (Å²) in [5, 5.41) is 3.54. The first-order valence-corrected chi connectivity index (χ1v) is 10.2. The van der Waals surface area contributed by atoms with Crippen molar-refractivity contribution in [3.63, 3.8) is 0 Å². The van der Waals surface area contributed by atoms with Gasteiger partial charge in [-0.2, -0.15) is 0 Å². The van der Waals surface area contributed by atoms with Crippen molar-refractivity contribution in [3.8, 4) is 11.5 Å². The molecule has 2 aromatic carbocycles. The summed E-state index contributed by atoms with van der Waals surface area (Å²) in [5.74, 6) is 0.955. The number of carbonyl (C=O) groups is 1. The molecule has 0 bridgehead atoms. The van der Waals surface area contributed by atoms with Crippen LogP contribution >= 0.6 is 11.6 Å². The Labute approximate surface area is 177 Å². The van der Waals surface area contributed by atoms with E-state index in [1.807, 2.05) is 19.1 Å². The highest BCUT2D eigenvalue weighted by Gasteiger charge is 2.23. The molecule has 1 N–H and O–H groups in total. The van der Waals surface area contributed by atoms with Gasteiger partial charge in [-0.25, -0.2) is 0 Å². The first kappa shape index (κ1) is 21.2. The predicted octanol–water partition coefficient (Wildman–Crippen LogP) is 4.15. The highest BCUT2D eigenvalue weighted by atomic mass is 35.5. The Balaban J connectivity index is 1.55. The second-order valence-corrected chi connectivity index (χ2v) is 7.42. The van der Waals surface area contributed by atoms with Gasteiger partial charge >= 0.3 is 0 Å². The number of methoxy groups -OCH3 is 1. The van der Waals surface area contributed by atoms with E-state index in [9.17, 15) is 4.79 Å². The van der Waals surface area contributed by atoms with Crippen molar-refractivity contribution in [1.29, 1.82) is 0 Å². The molecule has 0 aliphatic carbocycles. The number of nitrogens with one attached hydrogen (secondary N) is 1. The monoisotopic (exact) mass is 414 g/mol. The minimum absolute atomic E-state index is 0.110. The van der Waals surface area contributed by atoms with Gasteiger partial charge in [-0.3, -0.25) is 9.69 Å². The molecule has 1 aliphatic rings. The van der Waals surface area contributed by atoms with Crippen molar-refractivity contribution in [3.05, 3.63) is 64.7 Å². The summed E-state index contributed by atoms with van der Waals surface area (Å²) < 4.78 is 10.9. The molecule has 154 valence electrons. The third kappa shape index (κ3) is 5.99. The normalized spacial score (nSPS) is 16.9. The number of carbonyl (C=O) groups excluding carboxylic acids is 1. The lowest BCUT2D eigenvalue weighted by molar-refractivity contribution is -0.117. The van der Waals surface area contributed by atoms with E-state index in [1.54, 1.807) is 19.3 Å². The lowest BCUT2D eigenvalue weighted by Crippen LogP contribution is -2.35. The molecule has 29 heavy (non-hydrogen) atoms. The van der Waals surface area contributed by atoms with E-state index >= 15 is 0 Å². The topological polar surface area (TPSA) is 50.8 Å². The van der Waals surface area contributed by atoms with Gasteiger partial charge in [0.15, 0.2) is 11.5 Å². The molecule has 1 atom stereocenters. The number of hydrogen-bond acceptors (Lipinski definition) is 4. The summed E-state index contributed by atoms with van der Waals surface area (Å²) >= 11 is 6.26. The van der Waals surface area contributed by atoms with Gasteiger partial charge in [0.1, 0.15) is 0 Å². The van der Waals surface area contributed by atoms with Gasteiger partial charge in [-0.05, 0) is 42.7 Å². The zero-order chi connectivity index (χ0) is 20.6. The van der Waals surface area contributed by atoms with E-state index < -0.39 is 0 Å². The highest BCUT2D eigenvalue weighted by molar-refractivity contribution is 6.32. The summed E-state index contributed by atoms with van der Waals surface area (Å²) in [4.78, 5) is 14.7. The fourth-order valence-electron chi connectivity index (χ4n) is 3.50. The average Bonchev–Trinajstić information content (AvgIpc) is 3.14. The molecule has 3 rings (SSSR count). The highest BCUT2D eigenvalue weighted by Crippen LogP contribution is 2.36. The lowest BCUT2D eigenvalue weighted by Gasteiger charge is -2.16. The molecular formula is C23H27ClN2O3. The molecule has 0 radical (unpaired) electrons. The number of nitrogens with zero attached hydrogens (tertiary/aromatic N) is 1. The van der Waals surface area contributed by atoms with Crippen LogP contribution in [-0.2, 0) is 11.3 Å². The molecule has 0 spiro atoms. The maximum absolute atomic E-state index is 12.4. The maximum Gasteiger partial charge on any atom is 0.244 e. The molecule has 5 nitrogen and oxygen atoms in total. The van der Waals surface area contributed by atoms with Crippen LogP contribution in [0, 0.1) is 0 Å². The van der Waals surface area contributed by atoms with Crippen molar-refractivity contribution in [2.24, 2.45) is 0 Å². The SMILES string of the molecule is CCOc1cc(/C=C/C(=O)NC2CCN(Cc3ccccc3)C2)cc(Cl)c1OC. The van der Waals surface area contributed by atoms with Crippen molar-refractivity contribution >= 4 is 23.6 Å². The van der Waals surface area contributed by atoms with Crippen molar-refractivity contribution in [1.82, 2.24) is 10.2 Å².